The predicted octanol–water partition coefficient (Wildman–Crippen LogP) is 20.1. The van der Waals surface area contributed by atoms with Crippen molar-refractivity contribution in [3.63, 3.8) is 0 Å². The van der Waals surface area contributed by atoms with E-state index in [0.717, 1.165) is 28.5 Å². The Morgan fingerprint density at radius 2 is 0.931 bits per heavy atom. The summed E-state index contributed by atoms with van der Waals surface area (Å²) < 4.78 is 9.63. The van der Waals surface area contributed by atoms with E-state index in [1.165, 1.54) is 114 Å². The normalized spacial score (nSPS) is 12.0. The van der Waals surface area contributed by atoms with Crippen molar-refractivity contribution in [2.75, 3.05) is 0 Å². The Bertz CT molecular complexity index is 4250. The second kappa shape index (κ2) is 18.5. The molecule has 14 aromatic rings. The first-order valence-corrected chi connectivity index (χ1v) is 25.6. The summed E-state index contributed by atoms with van der Waals surface area (Å²) in [5.41, 5.74) is 15.5. The van der Waals surface area contributed by atoms with Crippen LogP contribution in [0.2, 0.25) is 0 Å². The summed E-state index contributed by atoms with van der Waals surface area (Å²) in [6, 6.07) is 87.2. The summed E-state index contributed by atoms with van der Waals surface area (Å²) >= 11 is 1.92. The lowest BCUT2D eigenvalue weighted by atomic mass is 9.89. The maximum absolute atomic E-state index is 6.96. The fourth-order valence-electron chi connectivity index (χ4n) is 10.6. The summed E-state index contributed by atoms with van der Waals surface area (Å²) in [5.74, 6) is 0. The van der Waals surface area contributed by atoms with Gasteiger partial charge in [0.2, 0.25) is 0 Å². The van der Waals surface area contributed by atoms with Gasteiger partial charge in [-0.2, -0.15) is 0 Å². The number of benzene rings is 12. The van der Waals surface area contributed by atoms with Gasteiger partial charge in [0.05, 0.1) is 0 Å². The second-order valence-corrected chi connectivity index (χ2v) is 19.9. The van der Waals surface area contributed by atoms with Gasteiger partial charge in [0.15, 0.2) is 0 Å². The molecule has 72 heavy (non-hydrogen) atoms. The quantitative estimate of drug-likeness (QED) is 0.109. The standard InChI is InChI=1S/C56H36OS.C14H12/c1-34-18-22-38(23-19-34)41-27-29-44-50(33-41)58-56-48-17-9-14-45-52(48)51-46(54(44)56)15-8-16-47(51)55-53(45)43-28-26-40(32-49(43)57-55)39-24-20-36(21-25-39)31-42(37-12-6-3-7-13-37)30-35-10-4-2-5-11-35;1-3-7-13(8-4-1)11-12-14-9-5-2-6-10-14/h2-29,31-33H,30H2,1H3;1-12H. The lowest BCUT2D eigenvalue weighted by molar-refractivity contribution is 0.673. The van der Waals surface area contributed by atoms with Crippen molar-refractivity contribution in [3.05, 3.63) is 276 Å². The third kappa shape index (κ3) is 8.02. The molecule has 0 radical (unpaired) electrons. The Kier molecular flexibility index (Phi) is 11.1. The maximum Gasteiger partial charge on any atom is 0.143 e. The van der Waals surface area contributed by atoms with E-state index >= 15 is 0 Å². The van der Waals surface area contributed by atoms with Crippen molar-refractivity contribution in [1.29, 1.82) is 0 Å². The molecule has 0 aliphatic heterocycles. The van der Waals surface area contributed by atoms with Crippen LogP contribution in [-0.4, -0.2) is 0 Å². The molecular weight excluding hydrogens is 889 g/mol. The number of thiophene rings is 1. The van der Waals surface area contributed by atoms with E-state index in [-0.39, 0.29) is 0 Å². The molecule has 12 aromatic carbocycles. The van der Waals surface area contributed by atoms with Crippen LogP contribution in [0.5, 0.6) is 0 Å². The van der Waals surface area contributed by atoms with Crippen LogP contribution in [0, 0.1) is 6.92 Å². The molecule has 340 valence electrons. The van der Waals surface area contributed by atoms with Gasteiger partial charge in [-0.05, 0) is 103 Å². The maximum atomic E-state index is 6.96. The van der Waals surface area contributed by atoms with Crippen LogP contribution in [-0.2, 0) is 6.42 Å². The van der Waals surface area contributed by atoms with Gasteiger partial charge in [-0.3, -0.25) is 0 Å². The zero-order valence-electron chi connectivity index (χ0n) is 39.8. The van der Waals surface area contributed by atoms with Gasteiger partial charge < -0.3 is 4.42 Å². The zero-order valence-corrected chi connectivity index (χ0v) is 40.7. The highest BCUT2D eigenvalue weighted by molar-refractivity contribution is 7.27. The fraction of sp³-hybridized carbons (Fsp3) is 0.0286. The van der Waals surface area contributed by atoms with E-state index in [1.807, 2.05) is 47.7 Å². The molecule has 0 unspecified atom stereocenters. The molecule has 2 aromatic heterocycles. The first-order valence-electron chi connectivity index (χ1n) is 24.8. The van der Waals surface area contributed by atoms with Gasteiger partial charge in [-0.25, -0.2) is 0 Å². The van der Waals surface area contributed by atoms with E-state index in [4.69, 9.17) is 4.42 Å². The summed E-state index contributed by atoms with van der Waals surface area (Å²) in [5, 5.41) is 12.7. The molecule has 0 fully saturated rings. The van der Waals surface area contributed by atoms with E-state index in [1.54, 1.807) is 0 Å². The molecule has 0 bridgehead atoms. The average Bonchev–Trinajstić information content (AvgIpc) is 4.04. The van der Waals surface area contributed by atoms with Crippen molar-refractivity contribution in [2.45, 2.75) is 13.3 Å². The summed E-state index contributed by atoms with van der Waals surface area (Å²) in [4.78, 5) is 0. The van der Waals surface area contributed by atoms with E-state index in [2.05, 4.69) is 231 Å². The van der Waals surface area contributed by atoms with Gasteiger partial charge in [0.25, 0.3) is 0 Å². The van der Waals surface area contributed by atoms with Crippen molar-refractivity contribution < 1.29 is 4.42 Å². The molecule has 2 heterocycles. The predicted molar refractivity (Wildman–Crippen MR) is 312 cm³/mol. The van der Waals surface area contributed by atoms with Crippen molar-refractivity contribution in [3.8, 4) is 22.3 Å². The molecule has 0 aliphatic carbocycles. The SMILES string of the molecule is C(=Cc1ccccc1)c1ccccc1.Cc1ccc(-c2ccc3c(c2)sc2c4cccc5c6c7ccc(-c8ccc(C=C(Cc9ccccc9)c9ccccc9)cc8)cc7oc6c6cccc(c32)c6c45)cc1. The molecule has 2 heteroatoms. The molecule has 0 aliphatic rings. The van der Waals surface area contributed by atoms with Gasteiger partial charge in [-0.1, -0.05) is 248 Å². The summed E-state index contributed by atoms with van der Waals surface area (Å²) in [6.07, 6.45) is 7.44. The average molecular weight is 937 g/mol. The van der Waals surface area contributed by atoms with Crippen LogP contribution < -0.4 is 0 Å². The monoisotopic (exact) mass is 936 g/mol. The van der Waals surface area contributed by atoms with Crippen molar-refractivity contribution in [2.24, 2.45) is 0 Å². The number of hydrogen-bond acceptors (Lipinski definition) is 2. The Labute approximate surface area is 423 Å². The third-order valence-corrected chi connectivity index (χ3v) is 15.4. The van der Waals surface area contributed by atoms with Crippen molar-refractivity contribution >= 4 is 110 Å². The van der Waals surface area contributed by atoms with Gasteiger partial charge in [-0.15, -0.1) is 11.3 Å². The Morgan fingerprint density at radius 3 is 1.60 bits per heavy atom. The van der Waals surface area contributed by atoms with Crippen LogP contribution in [0.3, 0.4) is 0 Å². The van der Waals surface area contributed by atoms with Crippen LogP contribution >= 0.6 is 11.3 Å². The minimum atomic E-state index is 0.877. The molecule has 0 saturated heterocycles. The van der Waals surface area contributed by atoms with E-state index < -0.39 is 0 Å². The molecular formula is C70H48OS. The Morgan fingerprint density at radius 1 is 0.403 bits per heavy atom. The second-order valence-electron chi connectivity index (χ2n) is 18.8. The van der Waals surface area contributed by atoms with E-state index in [9.17, 15) is 0 Å². The minimum Gasteiger partial charge on any atom is -0.455 e. The number of hydrogen-bond donors (Lipinski definition) is 0. The largest absolute Gasteiger partial charge is 0.455 e. The van der Waals surface area contributed by atoms with Crippen LogP contribution in [0.25, 0.3) is 120 Å². The molecule has 0 saturated carbocycles. The first kappa shape index (κ1) is 43.2. The number of rotatable bonds is 8. The molecule has 0 amide bonds. The highest BCUT2D eigenvalue weighted by Crippen LogP contribution is 2.51. The van der Waals surface area contributed by atoms with Crippen LogP contribution in [0.1, 0.15) is 33.4 Å². The number of fused-ring (bicyclic) bond motifs is 10. The molecule has 0 atom stereocenters. The topological polar surface area (TPSA) is 13.1 Å². The van der Waals surface area contributed by atoms with Gasteiger partial charge in [0, 0.05) is 47.1 Å². The lowest BCUT2D eigenvalue weighted by Gasteiger charge is -2.13. The highest BCUT2D eigenvalue weighted by Gasteiger charge is 2.23. The number of furan rings is 1. The zero-order chi connectivity index (χ0) is 48.0. The van der Waals surface area contributed by atoms with Gasteiger partial charge >= 0.3 is 0 Å². The van der Waals surface area contributed by atoms with Crippen molar-refractivity contribution in [1.82, 2.24) is 0 Å². The molecule has 1 nitrogen and oxygen atoms in total. The van der Waals surface area contributed by atoms with E-state index in [0.29, 0.717) is 0 Å². The molecule has 14 rings (SSSR count). The van der Waals surface area contributed by atoms with Crippen LogP contribution in [0.15, 0.2) is 247 Å². The summed E-state index contributed by atoms with van der Waals surface area (Å²) in [6.45, 7) is 2.14. The lowest BCUT2D eigenvalue weighted by Crippen LogP contribution is -1.91. The van der Waals surface area contributed by atoms with Gasteiger partial charge in [0.1, 0.15) is 11.2 Å². The minimum absolute atomic E-state index is 0.877. The Balaban J connectivity index is 0.000000311. The summed E-state index contributed by atoms with van der Waals surface area (Å²) in [7, 11) is 0. The first-order chi connectivity index (χ1) is 35.6. The molecule has 0 N–H and O–H groups in total. The fourth-order valence-corrected chi connectivity index (χ4v) is 11.9. The highest BCUT2D eigenvalue weighted by atomic mass is 32.1. The molecule has 0 spiro atoms. The third-order valence-electron chi connectivity index (χ3n) is 14.2. The smallest absolute Gasteiger partial charge is 0.143 e. The number of allylic oxidation sites excluding steroid dienone is 1. The number of aryl methyl sites for hydroxylation is 1. The Hall–Kier alpha value is -8.82. The van der Waals surface area contributed by atoms with Crippen LogP contribution in [0.4, 0.5) is 0 Å².